The van der Waals surface area contributed by atoms with Gasteiger partial charge < -0.3 is 4.74 Å². The number of benzene rings is 1. The van der Waals surface area contributed by atoms with Crippen LogP contribution in [0.5, 0.6) is 5.75 Å². The predicted molar refractivity (Wildman–Crippen MR) is 114 cm³/mol. The first-order valence-corrected chi connectivity index (χ1v) is 11.3. The molecular formula is C18H14FN5O3S3. The molecule has 1 amide bonds. The number of amides is 1. The number of hydrogen-bond donors (Lipinski definition) is 1. The number of nitrogens with zero attached hydrogens (tertiary/aromatic N) is 4. The number of carbonyl (C=O) groups is 1. The fraction of sp³-hybridized carbons (Fsp3) is 0.167. The Kier molecular flexibility index (Phi) is 6.06. The number of anilines is 1. The molecule has 0 aliphatic rings. The highest BCUT2D eigenvalue weighted by molar-refractivity contribution is 8.00. The van der Waals surface area contributed by atoms with Crippen molar-refractivity contribution in [1.29, 1.82) is 0 Å². The number of carbonyl (C=O) groups excluding carboxylic acids is 1. The van der Waals surface area contributed by atoms with Crippen LogP contribution in [-0.4, -0.2) is 32.1 Å². The second kappa shape index (κ2) is 8.90. The first kappa shape index (κ1) is 20.4. The number of para-hydroxylation sites is 1. The number of aromatic nitrogens is 4. The second-order valence-corrected chi connectivity index (χ2v) is 9.05. The molecule has 0 unspecified atom stereocenters. The number of rotatable bonds is 7. The van der Waals surface area contributed by atoms with Crippen LogP contribution < -0.4 is 15.6 Å². The van der Waals surface area contributed by atoms with E-state index in [2.05, 4.69) is 20.5 Å². The molecule has 8 nitrogen and oxygen atoms in total. The van der Waals surface area contributed by atoms with Crippen molar-refractivity contribution < 1.29 is 13.9 Å². The van der Waals surface area contributed by atoms with Crippen LogP contribution in [0, 0.1) is 12.7 Å². The molecule has 1 N–H and O–H groups in total. The van der Waals surface area contributed by atoms with Crippen LogP contribution in [-0.2, 0) is 10.5 Å². The smallest absolute Gasteiger partial charge is 0.264 e. The zero-order chi connectivity index (χ0) is 21.1. The molecule has 12 heteroatoms. The number of thiazole rings is 1. The molecule has 1 aromatic carbocycles. The Morgan fingerprint density at radius 1 is 1.33 bits per heavy atom. The van der Waals surface area contributed by atoms with Crippen molar-refractivity contribution >= 4 is 50.4 Å². The van der Waals surface area contributed by atoms with Gasteiger partial charge in [0, 0.05) is 22.9 Å². The number of hydrogen-bond acceptors (Lipinski definition) is 9. The van der Waals surface area contributed by atoms with Gasteiger partial charge in [-0.25, -0.2) is 9.37 Å². The highest BCUT2D eigenvalue weighted by Gasteiger charge is 2.12. The SMILES string of the molecule is Cc1csc2nc(CSc3nnc(NC(=O)COc4ccccc4F)s3)cc(=O)n12. The van der Waals surface area contributed by atoms with Crippen molar-refractivity contribution in [3.63, 3.8) is 0 Å². The number of ether oxygens (including phenoxy) is 1. The summed E-state index contributed by atoms with van der Waals surface area (Å²) < 4.78 is 20.8. The molecule has 154 valence electrons. The molecule has 0 saturated carbocycles. The van der Waals surface area contributed by atoms with E-state index in [1.165, 1.54) is 58.7 Å². The van der Waals surface area contributed by atoms with Gasteiger partial charge in [0.25, 0.3) is 11.5 Å². The lowest BCUT2D eigenvalue weighted by atomic mass is 10.3. The number of aryl methyl sites for hydroxylation is 1. The Morgan fingerprint density at radius 2 is 2.17 bits per heavy atom. The van der Waals surface area contributed by atoms with Gasteiger partial charge in [0.05, 0.1) is 5.69 Å². The molecule has 0 fully saturated rings. The number of halogens is 1. The van der Waals surface area contributed by atoms with E-state index < -0.39 is 11.7 Å². The van der Waals surface area contributed by atoms with E-state index in [1.54, 1.807) is 10.5 Å². The molecule has 0 spiro atoms. The number of fused-ring (bicyclic) bond motifs is 1. The molecule has 0 radical (unpaired) electrons. The topological polar surface area (TPSA) is 98.5 Å². The van der Waals surface area contributed by atoms with E-state index in [1.807, 2.05) is 12.3 Å². The largest absolute Gasteiger partial charge is 0.481 e. The highest BCUT2D eigenvalue weighted by atomic mass is 32.2. The summed E-state index contributed by atoms with van der Waals surface area (Å²) in [6.45, 7) is 1.51. The Morgan fingerprint density at radius 3 is 3.00 bits per heavy atom. The lowest BCUT2D eigenvalue weighted by molar-refractivity contribution is -0.118. The molecule has 3 heterocycles. The van der Waals surface area contributed by atoms with Crippen LogP contribution in [0.4, 0.5) is 9.52 Å². The normalized spacial score (nSPS) is 11.0. The molecule has 0 aliphatic carbocycles. The second-order valence-electron chi connectivity index (χ2n) is 6.01. The van der Waals surface area contributed by atoms with Crippen molar-refractivity contribution in [2.45, 2.75) is 17.0 Å². The van der Waals surface area contributed by atoms with Gasteiger partial charge in [0.1, 0.15) is 0 Å². The first-order valence-electron chi connectivity index (χ1n) is 8.60. The molecule has 0 atom stereocenters. The van der Waals surface area contributed by atoms with Crippen LogP contribution in [0.15, 0.2) is 44.8 Å². The summed E-state index contributed by atoms with van der Waals surface area (Å²) >= 11 is 3.97. The van der Waals surface area contributed by atoms with Crippen molar-refractivity contribution in [2.75, 3.05) is 11.9 Å². The molecule has 4 aromatic rings. The van der Waals surface area contributed by atoms with E-state index in [0.29, 0.717) is 25.9 Å². The maximum Gasteiger partial charge on any atom is 0.264 e. The summed E-state index contributed by atoms with van der Waals surface area (Å²) in [5.74, 6) is -0.563. The van der Waals surface area contributed by atoms with Gasteiger partial charge in [-0.1, -0.05) is 35.2 Å². The third-order valence-electron chi connectivity index (χ3n) is 3.82. The monoisotopic (exact) mass is 463 g/mol. The van der Waals surface area contributed by atoms with Crippen molar-refractivity contribution in [1.82, 2.24) is 19.6 Å². The maximum atomic E-state index is 13.5. The Hall–Kier alpha value is -2.83. The van der Waals surface area contributed by atoms with Crippen molar-refractivity contribution in [3.05, 3.63) is 63.3 Å². The van der Waals surface area contributed by atoms with Gasteiger partial charge in [-0.2, -0.15) is 0 Å². The van der Waals surface area contributed by atoms with Crippen molar-refractivity contribution in [3.8, 4) is 5.75 Å². The van der Waals surface area contributed by atoms with Crippen LogP contribution in [0.3, 0.4) is 0 Å². The van der Waals surface area contributed by atoms with E-state index in [-0.39, 0.29) is 17.9 Å². The maximum absolute atomic E-state index is 13.5. The van der Waals surface area contributed by atoms with Crippen molar-refractivity contribution in [2.24, 2.45) is 0 Å². The lowest BCUT2D eigenvalue weighted by Crippen LogP contribution is -2.20. The van der Waals surface area contributed by atoms with Gasteiger partial charge in [0.15, 0.2) is 27.5 Å². The zero-order valence-electron chi connectivity index (χ0n) is 15.5. The van der Waals surface area contributed by atoms with Crippen LogP contribution in [0.25, 0.3) is 4.96 Å². The van der Waals surface area contributed by atoms with Gasteiger partial charge in [-0.05, 0) is 19.1 Å². The molecule has 0 aliphatic heterocycles. The molecule has 30 heavy (non-hydrogen) atoms. The minimum absolute atomic E-state index is 0.00228. The highest BCUT2D eigenvalue weighted by Crippen LogP contribution is 2.28. The average Bonchev–Trinajstić information content (AvgIpc) is 3.32. The molecule has 0 saturated heterocycles. The standard InChI is InChI=1S/C18H14FN5O3S3/c1-10-8-28-17-20-11(6-15(26)24(10)17)9-29-18-23-22-16(30-18)21-14(25)7-27-13-5-3-2-4-12(13)19/h2-6,8H,7,9H2,1H3,(H,21,22,25). The summed E-state index contributed by atoms with van der Waals surface area (Å²) in [6, 6.07) is 7.35. The number of thioether (sulfide) groups is 1. The van der Waals surface area contributed by atoms with E-state index in [4.69, 9.17) is 4.74 Å². The summed E-state index contributed by atoms with van der Waals surface area (Å²) in [5, 5.41) is 12.7. The Labute approximate surface area is 181 Å². The summed E-state index contributed by atoms with van der Waals surface area (Å²) in [7, 11) is 0. The summed E-state index contributed by atoms with van der Waals surface area (Å²) in [5.41, 5.74) is 1.38. The fourth-order valence-electron chi connectivity index (χ4n) is 2.49. The lowest BCUT2D eigenvalue weighted by Gasteiger charge is -2.05. The van der Waals surface area contributed by atoms with E-state index in [0.717, 1.165) is 5.69 Å². The predicted octanol–water partition coefficient (Wildman–Crippen LogP) is 3.36. The Balaban J connectivity index is 1.32. The third-order valence-corrected chi connectivity index (χ3v) is 6.77. The van der Waals surface area contributed by atoms with Crippen LogP contribution in [0.1, 0.15) is 11.4 Å². The van der Waals surface area contributed by atoms with Gasteiger partial charge >= 0.3 is 0 Å². The number of nitrogens with one attached hydrogen (secondary N) is 1. The molecule has 4 rings (SSSR count). The zero-order valence-corrected chi connectivity index (χ0v) is 17.9. The molecule has 0 bridgehead atoms. The third kappa shape index (κ3) is 4.66. The molecule has 3 aromatic heterocycles. The first-order chi connectivity index (χ1) is 14.5. The van der Waals surface area contributed by atoms with Crippen LogP contribution >= 0.6 is 34.4 Å². The summed E-state index contributed by atoms with van der Waals surface area (Å²) in [4.78, 5) is 29.3. The van der Waals surface area contributed by atoms with Crippen LogP contribution in [0.2, 0.25) is 0 Å². The fourth-order valence-corrected chi connectivity index (χ4v) is 5.04. The quantitative estimate of drug-likeness (QED) is 0.331. The Bertz CT molecular complexity index is 1270. The van der Waals surface area contributed by atoms with E-state index in [9.17, 15) is 14.0 Å². The molecular weight excluding hydrogens is 449 g/mol. The summed E-state index contributed by atoms with van der Waals surface area (Å²) in [6.07, 6.45) is 0. The van der Waals surface area contributed by atoms with Gasteiger partial charge in [-0.15, -0.1) is 21.5 Å². The minimum atomic E-state index is -0.538. The van der Waals surface area contributed by atoms with Gasteiger partial charge in [-0.3, -0.25) is 19.3 Å². The van der Waals surface area contributed by atoms with E-state index >= 15 is 0 Å². The minimum Gasteiger partial charge on any atom is -0.481 e. The van der Waals surface area contributed by atoms with Gasteiger partial charge in [0.2, 0.25) is 5.13 Å². The average molecular weight is 464 g/mol.